The molecule has 2 amide bonds. The molecule has 1 atom stereocenters. The van der Waals surface area contributed by atoms with Gasteiger partial charge in [0.15, 0.2) is 0 Å². The van der Waals surface area contributed by atoms with E-state index in [2.05, 4.69) is 10.6 Å². The summed E-state index contributed by atoms with van der Waals surface area (Å²) in [4.78, 5) is 22.6. The number of amides is 2. The molecule has 0 aromatic carbocycles. The molecule has 0 saturated carbocycles. The van der Waals surface area contributed by atoms with E-state index in [0.29, 0.717) is 26.1 Å². The van der Waals surface area contributed by atoms with Gasteiger partial charge >= 0.3 is 0 Å². The van der Waals surface area contributed by atoms with Crippen LogP contribution < -0.4 is 10.6 Å². The Morgan fingerprint density at radius 3 is 2.69 bits per heavy atom. The van der Waals surface area contributed by atoms with Crippen LogP contribution in [0.1, 0.15) is 32.6 Å². The van der Waals surface area contributed by atoms with Crippen LogP contribution in [-0.4, -0.2) is 37.6 Å². The van der Waals surface area contributed by atoms with Crippen LogP contribution >= 0.6 is 0 Å². The van der Waals surface area contributed by atoms with E-state index in [-0.39, 0.29) is 17.9 Å². The molecule has 1 saturated heterocycles. The highest BCUT2D eigenvalue weighted by Gasteiger charge is 2.22. The predicted molar refractivity (Wildman–Crippen MR) is 59.9 cm³/mol. The highest BCUT2D eigenvalue weighted by molar-refractivity contribution is 5.81. The highest BCUT2D eigenvalue weighted by atomic mass is 16.5. The summed E-state index contributed by atoms with van der Waals surface area (Å²) in [5.74, 6) is -0.0314. The van der Waals surface area contributed by atoms with E-state index in [9.17, 15) is 9.59 Å². The quantitative estimate of drug-likeness (QED) is 0.638. The van der Waals surface area contributed by atoms with Crippen molar-refractivity contribution in [1.29, 1.82) is 0 Å². The third kappa shape index (κ3) is 4.61. The topological polar surface area (TPSA) is 67.4 Å². The van der Waals surface area contributed by atoms with Crippen LogP contribution in [0.5, 0.6) is 0 Å². The molecule has 2 N–H and O–H groups in total. The van der Waals surface area contributed by atoms with Gasteiger partial charge in [0.25, 0.3) is 0 Å². The number of carbonyl (C=O) groups is 2. The average Bonchev–Trinajstić information content (AvgIpc) is 2.78. The van der Waals surface area contributed by atoms with Gasteiger partial charge in [0.05, 0.1) is 0 Å². The molecular formula is C11H20N2O3. The molecule has 0 spiro atoms. The Hall–Kier alpha value is -1.10. The summed E-state index contributed by atoms with van der Waals surface area (Å²) >= 11 is 0. The maximum Gasteiger partial charge on any atom is 0.249 e. The summed E-state index contributed by atoms with van der Waals surface area (Å²) in [6, 6.07) is 0. The lowest BCUT2D eigenvalue weighted by atomic mass is 10.2. The molecule has 1 unspecified atom stereocenters. The third-order valence-electron chi connectivity index (χ3n) is 2.45. The highest BCUT2D eigenvalue weighted by Crippen LogP contribution is 2.11. The first-order valence-corrected chi connectivity index (χ1v) is 5.90. The van der Waals surface area contributed by atoms with E-state index in [1.165, 1.54) is 0 Å². The first-order valence-electron chi connectivity index (χ1n) is 5.90. The molecule has 0 aliphatic carbocycles. The Balaban J connectivity index is 2.02. The maximum absolute atomic E-state index is 11.5. The zero-order valence-electron chi connectivity index (χ0n) is 9.75. The van der Waals surface area contributed by atoms with Gasteiger partial charge in [-0.3, -0.25) is 9.59 Å². The van der Waals surface area contributed by atoms with Crippen molar-refractivity contribution in [1.82, 2.24) is 10.6 Å². The summed E-state index contributed by atoms with van der Waals surface area (Å²) in [7, 11) is 0. The molecule has 1 aliphatic rings. The number of carbonyl (C=O) groups excluding carboxylic acids is 2. The first-order chi connectivity index (χ1) is 7.74. The SMILES string of the molecule is CCCC(=O)NCCNC(=O)C1CCCO1. The van der Waals surface area contributed by atoms with Gasteiger partial charge in [-0.15, -0.1) is 0 Å². The Kier molecular flexibility index (Phi) is 5.85. The molecule has 5 heteroatoms. The van der Waals surface area contributed by atoms with Gasteiger partial charge in [0.1, 0.15) is 6.10 Å². The number of ether oxygens (including phenoxy) is 1. The van der Waals surface area contributed by atoms with Crippen molar-refractivity contribution in [2.75, 3.05) is 19.7 Å². The second-order valence-corrected chi connectivity index (χ2v) is 3.89. The monoisotopic (exact) mass is 228 g/mol. The predicted octanol–water partition coefficient (Wildman–Crippen LogP) is 0.198. The van der Waals surface area contributed by atoms with E-state index in [1.807, 2.05) is 6.92 Å². The number of rotatable bonds is 6. The molecule has 0 radical (unpaired) electrons. The van der Waals surface area contributed by atoms with Gasteiger partial charge in [-0.25, -0.2) is 0 Å². The molecule has 0 aromatic rings. The van der Waals surface area contributed by atoms with Crippen molar-refractivity contribution in [2.24, 2.45) is 0 Å². The number of nitrogens with one attached hydrogen (secondary N) is 2. The van der Waals surface area contributed by atoms with Crippen molar-refractivity contribution >= 4 is 11.8 Å². The Bertz CT molecular complexity index is 237. The maximum atomic E-state index is 11.5. The second kappa shape index (κ2) is 7.22. The fourth-order valence-electron chi connectivity index (χ4n) is 1.60. The van der Waals surface area contributed by atoms with Gasteiger partial charge in [-0.05, 0) is 19.3 Å². The van der Waals surface area contributed by atoms with Crippen LogP contribution in [0, 0.1) is 0 Å². The molecule has 0 bridgehead atoms. The summed E-state index contributed by atoms with van der Waals surface area (Å²) in [6.07, 6.45) is 2.85. The Labute approximate surface area is 95.9 Å². The van der Waals surface area contributed by atoms with Gasteiger partial charge in [0.2, 0.25) is 11.8 Å². The molecule has 1 aliphatic heterocycles. The van der Waals surface area contributed by atoms with E-state index in [4.69, 9.17) is 4.74 Å². The fourth-order valence-corrected chi connectivity index (χ4v) is 1.60. The second-order valence-electron chi connectivity index (χ2n) is 3.89. The van der Waals surface area contributed by atoms with E-state index < -0.39 is 0 Å². The molecule has 16 heavy (non-hydrogen) atoms. The normalized spacial score (nSPS) is 19.4. The van der Waals surface area contributed by atoms with Crippen LogP contribution in [0.2, 0.25) is 0 Å². The largest absolute Gasteiger partial charge is 0.368 e. The zero-order chi connectivity index (χ0) is 11.8. The zero-order valence-corrected chi connectivity index (χ0v) is 9.75. The standard InChI is InChI=1S/C11H20N2O3/c1-2-4-10(14)12-6-7-13-11(15)9-5-3-8-16-9/h9H,2-8H2,1H3,(H,12,14)(H,13,15). The van der Waals surface area contributed by atoms with Crippen molar-refractivity contribution in [2.45, 2.75) is 38.7 Å². The van der Waals surface area contributed by atoms with Gasteiger partial charge in [-0.2, -0.15) is 0 Å². The summed E-state index contributed by atoms with van der Waals surface area (Å²) in [5, 5.41) is 5.48. The van der Waals surface area contributed by atoms with Crippen molar-refractivity contribution in [3.05, 3.63) is 0 Å². The van der Waals surface area contributed by atoms with Crippen molar-refractivity contribution < 1.29 is 14.3 Å². The molecule has 1 rings (SSSR count). The molecule has 5 nitrogen and oxygen atoms in total. The lowest BCUT2D eigenvalue weighted by molar-refractivity contribution is -0.130. The fraction of sp³-hybridized carbons (Fsp3) is 0.818. The minimum atomic E-state index is -0.286. The van der Waals surface area contributed by atoms with Crippen LogP contribution in [-0.2, 0) is 14.3 Å². The van der Waals surface area contributed by atoms with Crippen molar-refractivity contribution in [3.8, 4) is 0 Å². The summed E-state index contributed by atoms with van der Waals surface area (Å²) in [6.45, 7) is 3.58. The molecule has 1 fully saturated rings. The average molecular weight is 228 g/mol. The first kappa shape index (κ1) is 13.0. The number of hydrogen-bond donors (Lipinski definition) is 2. The Morgan fingerprint density at radius 1 is 1.31 bits per heavy atom. The minimum Gasteiger partial charge on any atom is -0.368 e. The molecule has 1 heterocycles. The van der Waals surface area contributed by atoms with Crippen LogP contribution in [0.15, 0.2) is 0 Å². The summed E-state index contributed by atoms with van der Waals surface area (Å²) in [5.41, 5.74) is 0. The Morgan fingerprint density at radius 2 is 2.06 bits per heavy atom. The molecular weight excluding hydrogens is 208 g/mol. The van der Waals surface area contributed by atoms with Crippen LogP contribution in [0.4, 0.5) is 0 Å². The van der Waals surface area contributed by atoms with Gasteiger partial charge in [-0.1, -0.05) is 6.92 Å². The lowest BCUT2D eigenvalue weighted by Crippen LogP contribution is -2.39. The lowest BCUT2D eigenvalue weighted by Gasteiger charge is -2.10. The minimum absolute atomic E-state index is 0.0360. The van der Waals surface area contributed by atoms with E-state index >= 15 is 0 Å². The number of hydrogen-bond acceptors (Lipinski definition) is 3. The van der Waals surface area contributed by atoms with Crippen LogP contribution in [0.25, 0.3) is 0 Å². The smallest absolute Gasteiger partial charge is 0.249 e. The van der Waals surface area contributed by atoms with E-state index in [0.717, 1.165) is 19.3 Å². The van der Waals surface area contributed by atoms with Crippen LogP contribution in [0.3, 0.4) is 0 Å². The van der Waals surface area contributed by atoms with Gasteiger partial charge in [0, 0.05) is 26.1 Å². The molecule has 0 aromatic heterocycles. The third-order valence-corrected chi connectivity index (χ3v) is 2.45. The van der Waals surface area contributed by atoms with Crippen molar-refractivity contribution in [3.63, 3.8) is 0 Å². The summed E-state index contributed by atoms with van der Waals surface area (Å²) < 4.78 is 5.23. The van der Waals surface area contributed by atoms with E-state index in [1.54, 1.807) is 0 Å². The van der Waals surface area contributed by atoms with Gasteiger partial charge < -0.3 is 15.4 Å². The molecule has 92 valence electrons.